The number of nitrogens with zero attached hydrogens (tertiary/aromatic N) is 1. The van der Waals surface area contributed by atoms with Gasteiger partial charge in [0, 0.05) is 6.54 Å². The van der Waals surface area contributed by atoms with E-state index in [2.05, 4.69) is 17.1 Å². The van der Waals surface area contributed by atoms with Crippen LogP contribution in [0.4, 0.5) is 0 Å². The first-order chi connectivity index (χ1) is 9.27. The third-order valence-electron chi connectivity index (χ3n) is 5.28. The Balaban J connectivity index is 1.61. The van der Waals surface area contributed by atoms with E-state index in [1.807, 2.05) is 0 Å². The van der Waals surface area contributed by atoms with Gasteiger partial charge in [-0.25, -0.2) is 0 Å². The highest BCUT2D eigenvalue weighted by Crippen LogP contribution is 2.45. The van der Waals surface area contributed by atoms with Crippen molar-refractivity contribution in [1.29, 1.82) is 0 Å². The van der Waals surface area contributed by atoms with Gasteiger partial charge in [0.15, 0.2) is 0 Å². The molecule has 1 spiro atoms. The van der Waals surface area contributed by atoms with Crippen molar-refractivity contribution < 1.29 is 4.79 Å². The van der Waals surface area contributed by atoms with Gasteiger partial charge in [-0.2, -0.15) is 0 Å². The van der Waals surface area contributed by atoms with Crippen LogP contribution < -0.4 is 5.32 Å². The molecular weight excluding hydrogens is 236 g/mol. The average Bonchev–Trinajstić information content (AvgIpc) is 2.89. The molecule has 0 aromatic rings. The van der Waals surface area contributed by atoms with Gasteiger partial charge in [0.05, 0.1) is 11.7 Å². The Labute approximate surface area is 117 Å². The summed E-state index contributed by atoms with van der Waals surface area (Å²) in [5.74, 6) is 1.14. The largest absolute Gasteiger partial charge is 0.325 e. The quantitative estimate of drug-likeness (QED) is 0.748. The molecule has 3 rings (SSSR count). The molecule has 1 atom stereocenters. The Bertz CT molecular complexity index is 332. The third-order valence-corrected chi connectivity index (χ3v) is 5.28. The number of rotatable bonds is 6. The molecule has 0 radical (unpaired) electrons. The predicted molar refractivity (Wildman–Crippen MR) is 76.7 cm³/mol. The van der Waals surface area contributed by atoms with Gasteiger partial charge in [-0.05, 0) is 38.0 Å². The Morgan fingerprint density at radius 3 is 2.58 bits per heavy atom. The van der Waals surface area contributed by atoms with Crippen LogP contribution in [0.1, 0.15) is 71.1 Å². The maximum Gasteiger partial charge on any atom is 0.244 e. The molecule has 1 heterocycles. The predicted octanol–water partition coefficient (Wildman–Crippen LogP) is 3.05. The second-order valence-electron chi connectivity index (χ2n) is 6.78. The Hall–Kier alpha value is -0.570. The number of hydrogen-bond donors (Lipinski definition) is 1. The molecule has 3 nitrogen and oxygen atoms in total. The first-order valence-electron chi connectivity index (χ1n) is 8.35. The summed E-state index contributed by atoms with van der Waals surface area (Å²) in [6.07, 6.45) is 12.8. The molecular formula is C16H28N2O. The normalized spacial score (nSPS) is 29.6. The van der Waals surface area contributed by atoms with Gasteiger partial charge in [-0.1, -0.05) is 39.0 Å². The van der Waals surface area contributed by atoms with Crippen molar-refractivity contribution >= 4 is 5.91 Å². The van der Waals surface area contributed by atoms with E-state index in [0.717, 1.165) is 25.3 Å². The van der Waals surface area contributed by atoms with E-state index < -0.39 is 0 Å². The molecule has 1 amide bonds. The zero-order valence-corrected chi connectivity index (χ0v) is 12.3. The van der Waals surface area contributed by atoms with Crippen molar-refractivity contribution in [2.45, 2.75) is 82.8 Å². The summed E-state index contributed by atoms with van der Waals surface area (Å²) in [7, 11) is 0. The van der Waals surface area contributed by atoms with Crippen LogP contribution in [-0.4, -0.2) is 29.1 Å². The van der Waals surface area contributed by atoms with Crippen molar-refractivity contribution in [2.24, 2.45) is 5.92 Å². The highest BCUT2D eigenvalue weighted by atomic mass is 16.2. The number of hydrogen-bond acceptors (Lipinski definition) is 2. The van der Waals surface area contributed by atoms with Gasteiger partial charge >= 0.3 is 0 Å². The van der Waals surface area contributed by atoms with E-state index in [0.29, 0.717) is 12.1 Å². The lowest BCUT2D eigenvalue weighted by Gasteiger charge is -2.29. The van der Waals surface area contributed by atoms with Crippen LogP contribution in [0.2, 0.25) is 0 Å². The van der Waals surface area contributed by atoms with Gasteiger partial charge in [-0.3, -0.25) is 10.1 Å². The Kier molecular flexibility index (Phi) is 3.84. The van der Waals surface area contributed by atoms with Crippen LogP contribution in [0.15, 0.2) is 0 Å². The molecule has 1 aliphatic heterocycles. The lowest BCUT2D eigenvalue weighted by Crippen LogP contribution is -2.43. The van der Waals surface area contributed by atoms with Crippen LogP contribution in [0, 0.1) is 5.92 Å². The fourth-order valence-electron chi connectivity index (χ4n) is 3.90. The van der Waals surface area contributed by atoms with Gasteiger partial charge in [0.2, 0.25) is 5.91 Å². The van der Waals surface area contributed by atoms with E-state index in [1.165, 1.54) is 51.4 Å². The summed E-state index contributed by atoms with van der Waals surface area (Å²) in [5, 5.41) is 3.70. The zero-order chi connectivity index (χ0) is 13.3. The number of carbonyl (C=O) groups excluding carboxylic acids is 1. The second kappa shape index (κ2) is 5.43. The second-order valence-corrected chi connectivity index (χ2v) is 6.78. The van der Waals surface area contributed by atoms with Crippen LogP contribution >= 0.6 is 0 Å². The summed E-state index contributed by atoms with van der Waals surface area (Å²) in [6, 6.07) is 0. The molecule has 3 heteroatoms. The van der Waals surface area contributed by atoms with Crippen molar-refractivity contribution in [2.75, 3.05) is 6.54 Å². The maximum atomic E-state index is 12.6. The zero-order valence-electron chi connectivity index (χ0n) is 12.3. The fourth-order valence-corrected chi connectivity index (χ4v) is 3.90. The van der Waals surface area contributed by atoms with Crippen molar-refractivity contribution in [3.05, 3.63) is 0 Å². The lowest BCUT2D eigenvalue weighted by atomic mass is 10.0. The summed E-state index contributed by atoms with van der Waals surface area (Å²) in [6.45, 7) is 3.22. The fraction of sp³-hybridized carbons (Fsp3) is 0.938. The lowest BCUT2D eigenvalue weighted by molar-refractivity contribution is -0.131. The number of nitrogens with one attached hydrogen (secondary N) is 1. The van der Waals surface area contributed by atoms with E-state index in [9.17, 15) is 4.79 Å². The van der Waals surface area contributed by atoms with E-state index in [4.69, 9.17) is 0 Å². The number of amides is 1. The molecule has 19 heavy (non-hydrogen) atoms. The monoisotopic (exact) mass is 264 g/mol. The Morgan fingerprint density at radius 1 is 1.21 bits per heavy atom. The van der Waals surface area contributed by atoms with Gasteiger partial charge in [0.25, 0.3) is 0 Å². The third kappa shape index (κ3) is 2.54. The number of carbonyl (C=O) groups is 1. The minimum absolute atomic E-state index is 0.113. The molecule has 1 unspecified atom stereocenters. The molecule has 2 saturated carbocycles. The van der Waals surface area contributed by atoms with Gasteiger partial charge in [0.1, 0.15) is 0 Å². The molecule has 0 aromatic carbocycles. The molecule has 3 aliphatic rings. The molecule has 0 aromatic heterocycles. The number of unbranched alkanes of at least 4 members (excludes halogenated alkanes) is 3. The van der Waals surface area contributed by atoms with Crippen LogP contribution in [0.25, 0.3) is 0 Å². The van der Waals surface area contributed by atoms with Crippen molar-refractivity contribution in [3.8, 4) is 0 Å². The van der Waals surface area contributed by atoms with E-state index in [-0.39, 0.29) is 5.54 Å². The Morgan fingerprint density at radius 2 is 1.95 bits per heavy atom. The standard InChI is InChI=1S/C16H28N2O/c1-2-3-4-7-12-18-14(13-8-5-6-9-13)17-16(10-11-16)15(18)19/h13-14,17H,2-12H2,1H3. The van der Waals surface area contributed by atoms with Gasteiger partial charge in [-0.15, -0.1) is 0 Å². The smallest absolute Gasteiger partial charge is 0.244 e. The topological polar surface area (TPSA) is 32.3 Å². The average molecular weight is 264 g/mol. The molecule has 3 fully saturated rings. The van der Waals surface area contributed by atoms with Crippen LogP contribution in [-0.2, 0) is 4.79 Å². The highest BCUT2D eigenvalue weighted by Gasteiger charge is 2.60. The van der Waals surface area contributed by atoms with Gasteiger partial charge < -0.3 is 4.90 Å². The maximum absolute atomic E-state index is 12.6. The van der Waals surface area contributed by atoms with E-state index >= 15 is 0 Å². The molecule has 1 N–H and O–H groups in total. The molecule has 1 saturated heterocycles. The summed E-state index contributed by atoms with van der Waals surface area (Å²) in [4.78, 5) is 14.8. The summed E-state index contributed by atoms with van der Waals surface area (Å²) < 4.78 is 0. The molecule has 108 valence electrons. The minimum atomic E-state index is -0.113. The van der Waals surface area contributed by atoms with E-state index in [1.54, 1.807) is 0 Å². The summed E-state index contributed by atoms with van der Waals surface area (Å²) >= 11 is 0. The van der Waals surface area contributed by atoms with Crippen LogP contribution in [0.3, 0.4) is 0 Å². The van der Waals surface area contributed by atoms with Crippen molar-refractivity contribution in [1.82, 2.24) is 10.2 Å². The summed E-state index contributed by atoms with van der Waals surface area (Å²) in [5.41, 5.74) is -0.113. The van der Waals surface area contributed by atoms with Crippen LogP contribution in [0.5, 0.6) is 0 Å². The molecule has 2 aliphatic carbocycles. The van der Waals surface area contributed by atoms with Crippen molar-refractivity contribution in [3.63, 3.8) is 0 Å². The highest BCUT2D eigenvalue weighted by molar-refractivity contribution is 5.91. The first-order valence-corrected chi connectivity index (χ1v) is 8.35. The molecule has 0 bridgehead atoms. The SMILES string of the molecule is CCCCCCN1C(=O)C2(CC2)NC1C1CCCC1. The minimum Gasteiger partial charge on any atom is -0.325 e. The first kappa shape index (κ1) is 13.4.